The molecule has 1 aromatic heterocycles. The molecule has 1 heterocycles. The van der Waals surface area contributed by atoms with E-state index in [9.17, 15) is 9.59 Å². The van der Waals surface area contributed by atoms with E-state index in [1.165, 1.54) is 0 Å². The van der Waals surface area contributed by atoms with Gasteiger partial charge in [0, 0.05) is 13.0 Å². The summed E-state index contributed by atoms with van der Waals surface area (Å²) in [6, 6.07) is 1.92. The second kappa shape index (κ2) is 5.12. The van der Waals surface area contributed by atoms with E-state index in [1.54, 1.807) is 25.2 Å². The van der Waals surface area contributed by atoms with Gasteiger partial charge in [0.05, 0.1) is 5.41 Å². The van der Waals surface area contributed by atoms with E-state index >= 15 is 0 Å². The molecule has 0 saturated carbocycles. The van der Waals surface area contributed by atoms with E-state index < -0.39 is 11.4 Å². The molecule has 1 aromatic rings. The second-order valence-electron chi connectivity index (χ2n) is 4.27. The number of thiophene rings is 1. The number of rotatable bonds is 5. The first-order valence-corrected chi connectivity index (χ1v) is 5.87. The fourth-order valence-electron chi connectivity index (χ4n) is 1.13. The number of carboxylic acid groups (broad SMARTS) is 1. The van der Waals surface area contributed by atoms with Gasteiger partial charge in [0.2, 0.25) is 5.91 Å². The average Bonchev–Trinajstić information content (AvgIpc) is 2.66. The van der Waals surface area contributed by atoms with Crippen molar-refractivity contribution in [3.63, 3.8) is 0 Å². The lowest BCUT2D eigenvalue weighted by molar-refractivity contribution is -0.149. The lowest BCUT2D eigenvalue weighted by Crippen LogP contribution is -2.33. The Morgan fingerprint density at radius 2 is 2.19 bits per heavy atom. The number of carboxylic acids is 1. The maximum absolute atomic E-state index is 11.5. The molecule has 0 bridgehead atoms. The summed E-state index contributed by atoms with van der Waals surface area (Å²) >= 11 is 1.56. The summed E-state index contributed by atoms with van der Waals surface area (Å²) in [5.74, 6) is -1.20. The molecule has 0 aliphatic heterocycles. The molecular weight excluding hydrogens is 226 g/mol. The van der Waals surface area contributed by atoms with E-state index in [0.717, 1.165) is 5.56 Å². The minimum atomic E-state index is -1.02. The fourth-order valence-corrected chi connectivity index (χ4v) is 1.80. The SMILES string of the molecule is CC(C)(CC(=O)NCc1ccsc1)C(=O)O. The Morgan fingerprint density at radius 1 is 1.50 bits per heavy atom. The minimum Gasteiger partial charge on any atom is -0.481 e. The van der Waals surface area contributed by atoms with Crippen molar-refractivity contribution in [2.45, 2.75) is 26.8 Å². The molecule has 16 heavy (non-hydrogen) atoms. The molecule has 0 atom stereocenters. The number of carbonyl (C=O) groups excluding carboxylic acids is 1. The van der Waals surface area contributed by atoms with Gasteiger partial charge in [-0.15, -0.1) is 0 Å². The molecule has 0 aromatic carbocycles. The molecule has 0 fully saturated rings. The van der Waals surface area contributed by atoms with Gasteiger partial charge in [-0.1, -0.05) is 0 Å². The number of hydrogen-bond acceptors (Lipinski definition) is 3. The number of aliphatic carboxylic acids is 1. The molecule has 0 spiro atoms. The highest BCUT2D eigenvalue weighted by atomic mass is 32.1. The van der Waals surface area contributed by atoms with Crippen LogP contribution in [-0.4, -0.2) is 17.0 Å². The zero-order valence-corrected chi connectivity index (χ0v) is 10.1. The first-order chi connectivity index (χ1) is 7.42. The summed E-state index contributed by atoms with van der Waals surface area (Å²) in [6.45, 7) is 3.54. The monoisotopic (exact) mass is 241 g/mol. The molecule has 88 valence electrons. The van der Waals surface area contributed by atoms with Gasteiger partial charge >= 0.3 is 5.97 Å². The van der Waals surface area contributed by atoms with E-state index in [-0.39, 0.29) is 12.3 Å². The fraction of sp³-hybridized carbons (Fsp3) is 0.455. The zero-order valence-electron chi connectivity index (χ0n) is 9.32. The predicted molar refractivity (Wildman–Crippen MR) is 62.2 cm³/mol. The molecule has 0 aliphatic carbocycles. The normalized spacial score (nSPS) is 11.1. The summed E-state index contributed by atoms with van der Waals surface area (Å²) in [6.07, 6.45) is -0.00747. The third-order valence-corrected chi connectivity index (χ3v) is 2.98. The number of carbonyl (C=O) groups is 2. The third kappa shape index (κ3) is 3.66. The summed E-state index contributed by atoms with van der Waals surface area (Å²) in [5.41, 5.74) is 0.0186. The molecule has 1 rings (SSSR count). The van der Waals surface area contributed by atoms with Crippen molar-refractivity contribution in [2.75, 3.05) is 0 Å². The molecule has 0 radical (unpaired) electrons. The van der Waals surface area contributed by atoms with Crippen molar-refractivity contribution in [1.29, 1.82) is 0 Å². The highest BCUT2D eigenvalue weighted by Crippen LogP contribution is 2.20. The smallest absolute Gasteiger partial charge is 0.309 e. The van der Waals surface area contributed by atoms with E-state index in [2.05, 4.69) is 5.32 Å². The molecule has 0 aliphatic rings. The van der Waals surface area contributed by atoms with Crippen LogP contribution >= 0.6 is 11.3 Å². The van der Waals surface area contributed by atoms with Gasteiger partial charge in [0.15, 0.2) is 0 Å². The molecular formula is C11H15NO3S. The van der Waals surface area contributed by atoms with Gasteiger partial charge in [-0.3, -0.25) is 9.59 Å². The second-order valence-corrected chi connectivity index (χ2v) is 5.05. The summed E-state index contributed by atoms with van der Waals surface area (Å²) in [7, 11) is 0. The van der Waals surface area contributed by atoms with E-state index in [4.69, 9.17) is 5.11 Å². The Morgan fingerprint density at radius 3 is 2.69 bits per heavy atom. The molecule has 5 heteroatoms. The maximum atomic E-state index is 11.5. The van der Waals surface area contributed by atoms with Gasteiger partial charge in [0.25, 0.3) is 0 Å². The predicted octanol–water partition coefficient (Wildman–Crippen LogP) is 1.87. The van der Waals surface area contributed by atoms with Crippen molar-refractivity contribution in [3.05, 3.63) is 22.4 Å². The molecule has 0 unspecified atom stereocenters. The van der Waals surface area contributed by atoms with Gasteiger partial charge < -0.3 is 10.4 Å². The number of hydrogen-bond donors (Lipinski definition) is 2. The van der Waals surface area contributed by atoms with Crippen LogP contribution in [0.5, 0.6) is 0 Å². The minimum absolute atomic E-state index is 0.00747. The van der Waals surface area contributed by atoms with Crippen molar-refractivity contribution in [1.82, 2.24) is 5.32 Å². The Bertz CT molecular complexity index is 371. The highest BCUT2D eigenvalue weighted by molar-refractivity contribution is 7.07. The van der Waals surface area contributed by atoms with Crippen LogP contribution in [-0.2, 0) is 16.1 Å². The summed E-state index contributed by atoms with van der Waals surface area (Å²) in [4.78, 5) is 22.3. The Labute approximate surface area is 98.3 Å². The van der Waals surface area contributed by atoms with Crippen LogP contribution in [0.15, 0.2) is 16.8 Å². The van der Waals surface area contributed by atoms with Gasteiger partial charge in [-0.25, -0.2) is 0 Å². The van der Waals surface area contributed by atoms with Crippen molar-refractivity contribution < 1.29 is 14.7 Å². The van der Waals surface area contributed by atoms with Crippen LogP contribution in [0.25, 0.3) is 0 Å². The molecule has 2 N–H and O–H groups in total. The van der Waals surface area contributed by atoms with Crippen molar-refractivity contribution >= 4 is 23.2 Å². The topological polar surface area (TPSA) is 66.4 Å². The van der Waals surface area contributed by atoms with Crippen LogP contribution in [0.2, 0.25) is 0 Å². The maximum Gasteiger partial charge on any atom is 0.309 e. The van der Waals surface area contributed by atoms with Crippen LogP contribution in [0.3, 0.4) is 0 Å². The Balaban J connectivity index is 2.39. The third-order valence-electron chi connectivity index (χ3n) is 2.25. The lowest BCUT2D eigenvalue weighted by atomic mass is 9.89. The largest absolute Gasteiger partial charge is 0.481 e. The van der Waals surface area contributed by atoms with Crippen LogP contribution in [0.4, 0.5) is 0 Å². The summed E-state index contributed by atoms with van der Waals surface area (Å²) < 4.78 is 0. The summed E-state index contributed by atoms with van der Waals surface area (Å²) in [5, 5.41) is 15.4. The number of amides is 1. The number of nitrogens with one attached hydrogen (secondary N) is 1. The first-order valence-electron chi connectivity index (χ1n) is 4.93. The first kappa shape index (κ1) is 12.7. The highest BCUT2D eigenvalue weighted by Gasteiger charge is 2.29. The van der Waals surface area contributed by atoms with Gasteiger partial charge in [-0.2, -0.15) is 11.3 Å². The van der Waals surface area contributed by atoms with Crippen LogP contribution in [0, 0.1) is 5.41 Å². The zero-order chi connectivity index (χ0) is 12.2. The molecule has 4 nitrogen and oxygen atoms in total. The standard InChI is InChI=1S/C11H15NO3S/c1-11(2,10(14)15)5-9(13)12-6-8-3-4-16-7-8/h3-4,7H,5-6H2,1-2H3,(H,12,13)(H,14,15). The molecule has 0 saturated heterocycles. The Hall–Kier alpha value is -1.36. The van der Waals surface area contributed by atoms with E-state index in [1.807, 2.05) is 16.8 Å². The van der Waals surface area contributed by atoms with Gasteiger partial charge in [0.1, 0.15) is 0 Å². The van der Waals surface area contributed by atoms with Crippen molar-refractivity contribution in [2.24, 2.45) is 5.41 Å². The Kier molecular flexibility index (Phi) is 4.06. The average molecular weight is 241 g/mol. The van der Waals surface area contributed by atoms with Crippen molar-refractivity contribution in [3.8, 4) is 0 Å². The van der Waals surface area contributed by atoms with Crippen LogP contribution < -0.4 is 5.32 Å². The van der Waals surface area contributed by atoms with E-state index in [0.29, 0.717) is 6.54 Å². The lowest BCUT2D eigenvalue weighted by Gasteiger charge is -2.17. The van der Waals surface area contributed by atoms with Gasteiger partial charge in [-0.05, 0) is 36.2 Å². The molecule has 1 amide bonds. The quantitative estimate of drug-likeness (QED) is 0.827. The van der Waals surface area contributed by atoms with Crippen LogP contribution in [0.1, 0.15) is 25.8 Å².